The van der Waals surface area contributed by atoms with Gasteiger partial charge in [0.15, 0.2) is 0 Å². The zero-order valence-electron chi connectivity index (χ0n) is 17.2. The first-order chi connectivity index (χ1) is 15.3. The highest BCUT2D eigenvalue weighted by Gasteiger charge is 2.39. The van der Waals surface area contributed by atoms with Gasteiger partial charge in [-0.15, -0.1) is 0 Å². The van der Waals surface area contributed by atoms with Crippen molar-refractivity contribution < 1.29 is 19.0 Å². The molecule has 7 heteroatoms. The van der Waals surface area contributed by atoms with Crippen LogP contribution in [0, 0.1) is 0 Å². The molecule has 0 saturated carbocycles. The van der Waals surface area contributed by atoms with E-state index in [1.54, 1.807) is 12.4 Å². The molecular weight excluding hydrogens is 394 g/mol. The second kappa shape index (κ2) is 8.99. The summed E-state index contributed by atoms with van der Waals surface area (Å²) < 4.78 is 18.4. The minimum absolute atomic E-state index is 0.114. The molecule has 0 spiro atoms. The Balaban J connectivity index is 1.15. The number of carbonyl (C=O) groups is 1. The molecule has 2 saturated heterocycles. The molecule has 1 aromatic carbocycles. The number of hydrogen-bond acceptors (Lipinski definition) is 6. The average Bonchev–Trinajstić information content (AvgIpc) is 3.14. The average molecular weight is 419 g/mol. The number of aryl methyl sites for hydroxylation is 1. The van der Waals surface area contributed by atoms with Crippen molar-refractivity contribution in [1.82, 2.24) is 14.9 Å². The van der Waals surface area contributed by atoms with E-state index in [1.165, 1.54) is 0 Å². The summed E-state index contributed by atoms with van der Waals surface area (Å²) in [5.74, 6) is 0.915. The van der Waals surface area contributed by atoms with E-state index in [-0.39, 0.29) is 24.2 Å². The minimum atomic E-state index is -0.197. The van der Waals surface area contributed by atoms with E-state index in [2.05, 4.69) is 9.97 Å². The van der Waals surface area contributed by atoms with Crippen LogP contribution in [0.5, 0.6) is 5.75 Å². The molecule has 0 aliphatic carbocycles. The summed E-state index contributed by atoms with van der Waals surface area (Å²) in [6.45, 7) is 1.97. The first-order valence-corrected chi connectivity index (χ1v) is 10.7. The van der Waals surface area contributed by atoms with Crippen molar-refractivity contribution in [2.45, 2.75) is 31.2 Å². The van der Waals surface area contributed by atoms with Crippen LogP contribution >= 0.6 is 0 Å². The van der Waals surface area contributed by atoms with E-state index in [4.69, 9.17) is 14.2 Å². The van der Waals surface area contributed by atoms with Gasteiger partial charge in [0, 0.05) is 54.6 Å². The van der Waals surface area contributed by atoms with Crippen LogP contribution in [0.1, 0.15) is 12.1 Å². The molecule has 0 bridgehead atoms. The number of likely N-dealkylation sites (tertiary alicyclic amines) is 1. The van der Waals surface area contributed by atoms with E-state index in [1.807, 2.05) is 53.6 Å². The number of ether oxygens (including phenoxy) is 3. The lowest BCUT2D eigenvalue weighted by Crippen LogP contribution is -2.33. The maximum atomic E-state index is 12.6. The van der Waals surface area contributed by atoms with Gasteiger partial charge >= 0.3 is 0 Å². The quantitative estimate of drug-likeness (QED) is 0.633. The van der Waals surface area contributed by atoms with Gasteiger partial charge in [0.25, 0.3) is 0 Å². The van der Waals surface area contributed by atoms with Gasteiger partial charge in [0.05, 0.1) is 13.2 Å². The van der Waals surface area contributed by atoms with Crippen molar-refractivity contribution in [1.29, 1.82) is 0 Å². The van der Waals surface area contributed by atoms with E-state index in [9.17, 15) is 4.79 Å². The van der Waals surface area contributed by atoms with E-state index < -0.39 is 0 Å². The molecule has 0 N–H and O–H groups in total. The molecule has 31 heavy (non-hydrogen) atoms. The van der Waals surface area contributed by atoms with Crippen molar-refractivity contribution in [3.05, 3.63) is 66.7 Å². The summed E-state index contributed by atoms with van der Waals surface area (Å²) in [7, 11) is 0. The van der Waals surface area contributed by atoms with Gasteiger partial charge in [-0.05, 0) is 30.7 Å². The number of nitrogens with zero attached hydrogens (tertiary/aromatic N) is 3. The predicted molar refractivity (Wildman–Crippen MR) is 115 cm³/mol. The fourth-order valence-electron chi connectivity index (χ4n) is 4.16. The summed E-state index contributed by atoms with van der Waals surface area (Å²) in [6.07, 6.45) is 5.99. The lowest BCUT2D eigenvalue weighted by Gasteiger charge is -2.20. The van der Waals surface area contributed by atoms with Crippen LogP contribution < -0.4 is 4.74 Å². The number of benzene rings is 1. The fourth-order valence-corrected chi connectivity index (χ4v) is 4.16. The summed E-state index contributed by atoms with van der Waals surface area (Å²) in [5.41, 5.74) is 0.931. The Hall–Kier alpha value is -3.03. The van der Waals surface area contributed by atoms with Gasteiger partial charge in [0.1, 0.15) is 24.1 Å². The molecule has 2 aromatic heterocycles. The fraction of sp³-hybridized carbons (Fsp3) is 0.375. The lowest BCUT2D eigenvalue weighted by atomic mass is 10.1. The van der Waals surface area contributed by atoms with Crippen molar-refractivity contribution in [3.63, 3.8) is 0 Å². The molecule has 3 aromatic rings. The Morgan fingerprint density at radius 3 is 2.65 bits per heavy atom. The molecule has 2 aliphatic heterocycles. The number of aromatic nitrogens is 2. The molecule has 0 unspecified atom stereocenters. The number of pyridine rings is 2. The largest absolute Gasteiger partial charge is 0.485 e. The highest BCUT2D eigenvalue weighted by Crippen LogP contribution is 2.27. The van der Waals surface area contributed by atoms with Gasteiger partial charge in [-0.2, -0.15) is 0 Å². The lowest BCUT2D eigenvalue weighted by molar-refractivity contribution is -0.131. The molecule has 7 nitrogen and oxygen atoms in total. The molecule has 2 fully saturated rings. The van der Waals surface area contributed by atoms with Crippen LogP contribution in [0.25, 0.3) is 10.8 Å². The Morgan fingerprint density at radius 2 is 1.87 bits per heavy atom. The SMILES string of the molecule is O=C(CCc1ccccn1)N1C[C@@H]2OCC(Oc3cccc4cnccc34)CO[C@H]2C1. The van der Waals surface area contributed by atoms with Crippen molar-refractivity contribution >= 4 is 16.7 Å². The van der Waals surface area contributed by atoms with Gasteiger partial charge < -0.3 is 19.1 Å². The third-order valence-corrected chi connectivity index (χ3v) is 5.82. The number of hydrogen-bond donors (Lipinski definition) is 0. The Kier molecular flexibility index (Phi) is 5.78. The zero-order valence-corrected chi connectivity index (χ0v) is 17.2. The van der Waals surface area contributed by atoms with Crippen LogP contribution in [0.2, 0.25) is 0 Å². The van der Waals surface area contributed by atoms with Crippen LogP contribution in [0.4, 0.5) is 0 Å². The van der Waals surface area contributed by atoms with Crippen LogP contribution in [-0.2, 0) is 20.7 Å². The monoisotopic (exact) mass is 419 g/mol. The normalized spacial score (nSPS) is 21.6. The van der Waals surface area contributed by atoms with Crippen LogP contribution in [0.15, 0.2) is 61.1 Å². The van der Waals surface area contributed by atoms with E-state index in [0.29, 0.717) is 39.1 Å². The number of fused-ring (bicyclic) bond motifs is 2. The van der Waals surface area contributed by atoms with Crippen molar-refractivity contribution in [3.8, 4) is 5.75 Å². The van der Waals surface area contributed by atoms with Crippen molar-refractivity contribution in [2.24, 2.45) is 0 Å². The van der Waals surface area contributed by atoms with Gasteiger partial charge in [0.2, 0.25) is 5.91 Å². The third kappa shape index (κ3) is 4.52. The molecule has 1 amide bonds. The molecule has 5 rings (SSSR count). The van der Waals surface area contributed by atoms with Gasteiger partial charge in [-0.1, -0.05) is 18.2 Å². The highest BCUT2D eigenvalue weighted by molar-refractivity contribution is 5.87. The summed E-state index contributed by atoms with van der Waals surface area (Å²) in [5, 5.41) is 2.05. The molecule has 160 valence electrons. The smallest absolute Gasteiger partial charge is 0.223 e. The summed E-state index contributed by atoms with van der Waals surface area (Å²) >= 11 is 0. The summed E-state index contributed by atoms with van der Waals surface area (Å²) in [4.78, 5) is 22.9. The molecule has 0 radical (unpaired) electrons. The van der Waals surface area contributed by atoms with Crippen LogP contribution in [-0.4, -0.2) is 65.4 Å². The van der Waals surface area contributed by atoms with Gasteiger partial charge in [-0.3, -0.25) is 14.8 Å². The van der Waals surface area contributed by atoms with E-state index in [0.717, 1.165) is 22.2 Å². The van der Waals surface area contributed by atoms with Crippen molar-refractivity contribution in [2.75, 3.05) is 26.3 Å². The number of carbonyl (C=O) groups excluding carboxylic acids is 1. The zero-order chi connectivity index (χ0) is 21.0. The summed E-state index contributed by atoms with van der Waals surface area (Å²) in [6, 6.07) is 13.6. The first-order valence-electron chi connectivity index (χ1n) is 10.7. The minimum Gasteiger partial charge on any atom is -0.485 e. The predicted octanol–water partition coefficient (Wildman–Crippen LogP) is 2.64. The number of amides is 1. The molecular formula is C24H25N3O4. The van der Waals surface area contributed by atoms with Gasteiger partial charge in [-0.25, -0.2) is 0 Å². The first kappa shape index (κ1) is 19.9. The maximum Gasteiger partial charge on any atom is 0.223 e. The highest BCUT2D eigenvalue weighted by atomic mass is 16.6. The maximum absolute atomic E-state index is 12.6. The second-order valence-corrected chi connectivity index (χ2v) is 7.96. The Bertz CT molecular complexity index is 1020. The standard InChI is InChI=1S/C24H25N3O4/c28-24(8-7-18-5-1-2-10-26-18)27-13-22-23(14-27)30-16-19(15-29-22)31-21-6-3-4-17-12-25-11-9-20(17)21/h1-6,9-12,19,22-23H,7-8,13-16H2/t22-,23-/m0/s1. The van der Waals surface area contributed by atoms with Crippen LogP contribution in [0.3, 0.4) is 0 Å². The molecule has 2 aliphatic rings. The Labute approximate surface area is 181 Å². The molecule has 2 atom stereocenters. The molecule has 4 heterocycles. The third-order valence-electron chi connectivity index (χ3n) is 5.82. The van der Waals surface area contributed by atoms with E-state index >= 15 is 0 Å². The second-order valence-electron chi connectivity index (χ2n) is 7.96. The number of rotatable bonds is 5. The Morgan fingerprint density at radius 1 is 1.03 bits per heavy atom. The topological polar surface area (TPSA) is 73.8 Å².